The van der Waals surface area contributed by atoms with Gasteiger partial charge in [-0.3, -0.25) is 10.3 Å². The summed E-state index contributed by atoms with van der Waals surface area (Å²) in [6.45, 7) is 5.38. The number of rotatable bonds is 4. The van der Waals surface area contributed by atoms with Crippen LogP contribution in [0.3, 0.4) is 0 Å². The Bertz CT molecular complexity index is 123. The Morgan fingerprint density at radius 1 is 1.70 bits per heavy atom. The smallest absolute Gasteiger partial charge is 0.0887 e. The van der Waals surface area contributed by atoms with Crippen LogP contribution in [-0.2, 0) is 4.74 Å². The van der Waals surface area contributed by atoms with Crippen LogP contribution in [0, 0.1) is 0 Å². The lowest BCUT2D eigenvalue weighted by molar-refractivity contribution is 0.155. The number of ether oxygens (including phenoxy) is 1. The Balaban J connectivity index is 2.01. The SMILES string of the molecule is CCOCCC1=NCNC1. The van der Waals surface area contributed by atoms with E-state index in [1.807, 2.05) is 6.92 Å². The lowest BCUT2D eigenvalue weighted by atomic mass is 10.3. The van der Waals surface area contributed by atoms with Gasteiger partial charge in [0.05, 0.1) is 13.3 Å². The molecule has 0 aliphatic carbocycles. The van der Waals surface area contributed by atoms with E-state index < -0.39 is 0 Å². The third kappa shape index (κ3) is 2.45. The van der Waals surface area contributed by atoms with Gasteiger partial charge in [0.1, 0.15) is 0 Å². The predicted molar refractivity (Wildman–Crippen MR) is 41.4 cm³/mol. The van der Waals surface area contributed by atoms with Crippen molar-refractivity contribution in [3.8, 4) is 0 Å². The number of nitrogens with zero attached hydrogens (tertiary/aromatic N) is 1. The molecule has 0 spiro atoms. The molecule has 0 aromatic rings. The summed E-state index contributed by atoms with van der Waals surface area (Å²) in [7, 11) is 0. The monoisotopic (exact) mass is 142 g/mol. The molecule has 1 aliphatic rings. The summed E-state index contributed by atoms with van der Waals surface area (Å²) < 4.78 is 5.19. The lowest BCUT2D eigenvalue weighted by Crippen LogP contribution is -2.14. The van der Waals surface area contributed by atoms with Gasteiger partial charge in [-0.15, -0.1) is 0 Å². The standard InChI is InChI=1S/C7H14N2O/c1-2-10-4-3-7-5-8-6-9-7/h8H,2-6H2,1H3. The molecule has 1 heterocycles. The number of nitrogens with one attached hydrogen (secondary N) is 1. The van der Waals surface area contributed by atoms with E-state index in [2.05, 4.69) is 10.3 Å². The fraction of sp³-hybridized carbons (Fsp3) is 0.857. The quantitative estimate of drug-likeness (QED) is 0.577. The second-order valence-electron chi connectivity index (χ2n) is 2.26. The molecular weight excluding hydrogens is 128 g/mol. The average molecular weight is 142 g/mol. The van der Waals surface area contributed by atoms with Gasteiger partial charge in [0.25, 0.3) is 0 Å². The molecule has 0 atom stereocenters. The van der Waals surface area contributed by atoms with Crippen molar-refractivity contribution >= 4 is 5.71 Å². The van der Waals surface area contributed by atoms with Crippen molar-refractivity contribution in [1.29, 1.82) is 0 Å². The van der Waals surface area contributed by atoms with Gasteiger partial charge in [-0.2, -0.15) is 0 Å². The molecule has 0 saturated carbocycles. The highest BCUT2D eigenvalue weighted by molar-refractivity contribution is 5.87. The third-order valence-corrected chi connectivity index (χ3v) is 1.48. The van der Waals surface area contributed by atoms with Crippen LogP contribution in [0.15, 0.2) is 4.99 Å². The predicted octanol–water partition coefficient (Wildman–Crippen LogP) is 0.415. The van der Waals surface area contributed by atoms with Crippen LogP contribution in [0.25, 0.3) is 0 Å². The highest BCUT2D eigenvalue weighted by Crippen LogP contribution is 1.92. The molecule has 1 aliphatic heterocycles. The van der Waals surface area contributed by atoms with E-state index in [1.165, 1.54) is 5.71 Å². The molecule has 58 valence electrons. The average Bonchev–Trinajstić information content (AvgIpc) is 2.41. The van der Waals surface area contributed by atoms with E-state index in [0.717, 1.165) is 32.8 Å². The Kier molecular flexibility index (Phi) is 3.40. The fourth-order valence-corrected chi connectivity index (χ4v) is 0.926. The van der Waals surface area contributed by atoms with Crippen LogP contribution in [0.2, 0.25) is 0 Å². The molecule has 0 amide bonds. The number of hydrogen-bond donors (Lipinski definition) is 1. The molecule has 0 fully saturated rings. The molecule has 0 radical (unpaired) electrons. The molecule has 0 saturated heterocycles. The molecule has 0 aromatic heterocycles. The van der Waals surface area contributed by atoms with Gasteiger partial charge >= 0.3 is 0 Å². The highest BCUT2D eigenvalue weighted by Gasteiger charge is 2.03. The van der Waals surface area contributed by atoms with Crippen molar-refractivity contribution in [3.63, 3.8) is 0 Å². The maximum atomic E-state index is 5.19. The fourth-order valence-electron chi connectivity index (χ4n) is 0.926. The second-order valence-corrected chi connectivity index (χ2v) is 2.26. The van der Waals surface area contributed by atoms with Gasteiger partial charge in [0.2, 0.25) is 0 Å². The van der Waals surface area contributed by atoms with Gasteiger partial charge in [-0.05, 0) is 6.92 Å². The molecule has 1 rings (SSSR count). The van der Waals surface area contributed by atoms with Crippen molar-refractivity contribution < 1.29 is 4.74 Å². The van der Waals surface area contributed by atoms with Crippen molar-refractivity contribution in [2.45, 2.75) is 13.3 Å². The minimum absolute atomic E-state index is 0.793. The van der Waals surface area contributed by atoms with Gasteiger partial charge in [-0.25, -0.2) is 0 Å². The van der Waals surface area contributed by atoms with Crippen molar-refractivity contribution in [2.24, 2.45) is 4.99 Å². The molecular formula is C7H14N2O. The van der Waals surface area contributed by atoms with Crippen LogP contribution in [-0.4, -0.2) is 32.1 Å². The van der Waals surface area contributed by atoms with E-state index in [-0.39, 0.29) is 0 Å². The topological polar surface area (TPSA) is 33.6 Å². The number of aliphatic imine (C=N–C) groups is 1. The Labute approximate surface area is 61.5 Å². The first-order chi connectivity index (χ1) is 4.93. The lowest BCUT2D eigenvalue weighted by Gasteiger charge is -1.99. The van der Waals surface area contributed by atoms with Crippen molar-refractivity contribution in [2.75, 3.05) is 26.4 Å². The second kappa shape index (κ2) is 4.41. The van der Waals surface area contributed by atoms with Crippen molar-refractivity contribution in [1.82, 2.24) is 5.32 Å². The van der Waals surface area contributed by atoms with E-state index in [1.54, 1.807) is 0 Å². The summed E-state index contributed by atoms with van der Waals surface area (Å²) >= 11 is 0. The summed E-state index contributed by atoms with van der Waals surface area (Å²) in [5, 5.41) is 3.14. The van der Waals surface area contributed by atoms with Crippen LogP contribution < -0.4 is 5.32 Å². The van der Waals surface area contributed by atoms with Crippen LogP contribution in [0.4, 0.5) is 0 Å². The molecule has 10 heavy (non-hydrogen) atoms. The molecule has 0 bridgehead atoms. The minimum atomic E-state index is 0.793. The third-order valence-electron chi connectivity index (χ3n) is 1.48. The van der Waals surface area contributed by atoms with E-state index in [9.17, 15) is 0 Å². The molecule has 0 unspecified atom stereocenters. The summed E-state index contributed by atoms with van der Waals surface area (Å²) in [5.41, 5.74) is 1.24. The number of hydrogen-bond acceptors (Lipinski definition) is 3. The first-order valence-corrected chi connectivity index (χ1v) is 3.74. The maximum Gasteiger partial charge on any atom is 0.0887 e. The molecule has 1 N–H and O–H groups in total. The molecule has 0 aromatic carbocycles. The van der Waals surface area contributed by atoms with Gasteiger partial charge < -0.3 is 4.74 Å². The zero-order valence-corrected chi connectivity index (χ0v) is 6.39. The summed E-state index contributed by atoms with van der Waals surface area (Å²) in [6.07, 6.45) is 0.987. The first kappa shape index (κ1) is 7.69. The minimum Gasteiger partial charge on any atom is -0.381 e. The summed E-state index contributed by atoms with van der Waals surface area (Å²) in [6, 6.07) is 0. The Morgan fingerprint density at radius 3 is 3.20 bits per heavy atom. The zero-order chi connectivity index (χ0) is 7.23. The van der Waals surface area contributed by atoms with Gasteiger partial charge in [0.15, 0.2) is 0 Å². The molecule has 3 heteroatoms. The highest BCUT2D eigenvalue weighted by atomic mass is 16.5. The Hall–Kier alpha value is -0.410. The Morgan fingerprint density at radius 2 is 2.60 bits per heavy atom. The first-order valence-electron chi connectivity index (χ1n) is 3.74. The summed E-state index contributed by atoms with van der Waals surface area (Å²) in [4.78, 5) is 4.23. The van der Waals surface area contributed by atoms with Crippen LogP contribution in [0.5, 0.6) is 0 Å². The normalized spacial score (nSPS) is 17.5. The van der Waals surface area contributed by atoms with Crippen molar-refractivity contribution in [3.05, 3.63) is 0 Å². The van der Waals surface area contributed by atoms with E-state index >= 15 is 0 Å². The van der Waals surface area contributed by atoms with E-state index in [4.69, 9.17) is 4.74 Å². The van der Waals surface area contributed by atoms with E-state index in [0.29, 0.717) is 0 Å². The van der Waals surface area contributed by atoms with Gasteiger partial charge in [-0.1, -0.05) is 0 Å². The summed E-state index contributed by atoms with van der Waals surface area (Å²) in [5.74, 6) is 0. The zero-order valence-electron chi connectivity index (χ0n) is 6.39. The molecule has 3 nitrogen and oxygen atoms in total. The van der Waals surface area contributed by atoms with Crippen LogP contribution in [0.1, 0.15) is 13.3 Å². The van der Waals surface area contributed by atoms with Crippen LogP contribution >= 0.6 is 0 Å². The largest absolute Gasteiger partial charge is 0.381 e. The maximum absolute atomic E-state index is 5.19. The van der Waals surface area contributed by atoms with Gasteiger partial charge in [0, 0.05) is 25.3 Å².